The summed E-state index contributed by atoms with van der Waals surface area (Å²) >= 11 is 0. The van der Waals surface area contributed by atoms with E-state index in [1.54, 1.807) is 13.8 Å². The Balaban J connectivity index is 0. The van der Waals surface area contributed by atoms with Gasteiger partial charge in [0.15, 0.2) is 0 Å². The van der Waals surface area contributed by atoms with Gasteiger partial charge in [-0.2, -0.15) is 0 Å². The van der Waals surface area contributed by atoms with Crippen LogP contribution in [0.2, 0.25) is 0 Å². The predicted octanol–water partition coefficient (Wildman–Crippen LogP) is 3.06. The Morgan fingerprint density at radius 1 is 1.17 bits per heavy atom. The van der Waals surface area contributed by atoms with E-state index in [4.69, 9.17) is 5.11 Å². The van der Waals surface area contributed by atoms with Gasteiger partial charge in [0.25, 0.3) is 0 Å². The van der Waals surface area contributed by atoms with Crippen molar-refractivity contribution in [1.29, 1.82) is 0 Å². The zero-order valence-electron chi connectivity index (χ0n) is 12.8. The quantitative estimate of drug-likeness (QED) is 0.797. The van der Waals surface area contributed by atoms with Crippen molar-refractivity contribution in [1.82, 2.24) is 5.32 Å². The highest BCUT2D eigenvalue weighted by molar-refractivity contribution is 5.78. The van der Waals surface area contributed by atoms with Crippen molar-refractivity contribution in [3.63, 3.8) is 0 Å². The van der Waals surface area contributed by atoms with E-state index in [9.17, 15) is 9.59 Å². The fraction of sp³-hybridized carbons (Fsp3) is 0.857. The SMILES string of the molecule is CCC(C)(C)C(=O)O.CCC(C)C(=O)NC(C)C. The average Bonchev–Trinajstić information content (AvgIpc) is 2.27. The third-order valence-corrected chi connectivity index (χ3v) is 2.95. The fourth-order valence-electron chi connectivity index (χ4n) is 0.763. The second-order valence-corrected chi connectivity index (χ2v) is 5.52. The molecule has 0 aliphatic rings. The van der Waals surface area contributed by atoms with Gasteiger partial charge in [-0.1, -0.05) is 20.8 Å². The molecule has 4 heteroatoms. The van der Waals surface area contributed by atoms with Crippen LogP contribution in [0.5, 0.6) is 0 Å². The Morgan fingerprint density at radius 3 is 1.78 bits per heavy atom. The molecule has 0 aliphatic heterocycles. The second-order valence-electron chi connectivity index (χ2n) is 5.52. The lowest BCUT2D eigenvalue weighted by atomic mass is 9.91. The lowest BCUT2D eigenvalue weighted by Crippen LogP contribution is -2.34. The highest BCUT2D eigenvalue weighted by Crippen LogP contribution is 2.18. The van der Waals surface area contributed by atoms with Gasteiger partial charge in [0.2, 0.25) is 5.91 Å². The normalized spacial score (nSPS) is 12.4. The minimum Gasteiger partial charge on any atom is -0.481 e. The number of hydrogen-bond acceptors (Lipinski definition) is 2. The van der Waals surface area contributed by atoms with Crippen LogP contribution in [0.25, 0.3) is 0 Å². The maximum absolute atomic E-state index is 11.1. The van der Waals surface area contributed by atoms with Crippen LogP contribution in [-0.2, 0) is 9.59 Å². The summed E-state index contributed by atoms with van der Waals surface area (Å²) in [6.45, 7) is 13.2. The molecule has 0 aromatic carbocycles. The number of amides is 1. The van der Waals surface area contributed by atoms with E-state index >= 15 is 0 Å². The molecule has 0 bridgehead atoms. The van der Waals surface area contributed by atoms with E-state index in [1.165, 1.54) is 0 Å². The monoisotopic (exact) mass is 259 g/mol. The standard InChI is InChI=1S/C8H17NO.C6H12O2/c1-5-7(4)8(10)9-6(2)3;1-4-6(2,3)5(7)8/h6-7H,5H2,1-4H3,(H,9,10);4H2,1-3H3,(H,7,8). The van der Waals surface area contributed by atoms with Crippen LogP contribution in [-0.4, -0.2) is 23.0 Å². The van der Waals surface area contributed by atoms with Gasteiger partial charge in [0.05, 0.1) is 5.41 Å². The van der Waals surface area contributed by atoms with Crippen LogP contribution in [0.4, 0.5) is 0 Å². The van der Waals surface area contributed by atoms with Crippen LogP contribution < -0.4 is 5.32 Å². The lowest BCUT2D eigenvalue weighted by molar-refractivity contribution is -0.147. The topological polar surface area (TPSA) is 66.4 Å². The molecule has 2 N–H and O–H groups in total. The van der Waals surface area contributed by atoms with Crippen molar-refractivity contribution in [3.05, 3.63) is 0 Å². The summed E-state index contributed by atoms with van der Waals surface area (Å²) in [6.07, 6.45) is 1.60. The molecule has 4 nitrogen and oxygen atoms in total. The smallest absolute Gasteiger partial charge is 0.309 e. The first-order valence-corrected chi connectivity index (χ1v) is 6.62. The van der Waals surface area contributed by atoms with Gasteiger partial charge in [-0.05, 0) is 40.5 Å². The molecule has 0 heterocycles. The van der Waals surface area contributed by atoms with E-state index in [2.05, 4.69) is 5.32 Å². The molecule has 0 aliphatic carbocycles. The molecule has 0 aromatic rings. The molecule has 1 unspecified atom stereocenters. The first kappa shape index (κ1) is 19.3. The second kappa shape index (κ2) is 8.95. The number of aliphatic carboxylic acids is 1. The number of nitrogens with one attached hydrogen (secondary N) is 1. The Hall–Kier alpha value is -1.06. The number of hydrogen-bond donors (Lipinski definition) is 2. The van der Waals surface area contributed by atoms with Crippen molar-refractivity contribution in [2.24, 2.45) is 11.3 Å². The Kier molecular flexibility index (Phi) is 9.59. The van der Waals surface area contributed by atoms with Gasteiger partial charge in [0, 0.05) is 12.0 Å². The van der Waals surface area contributed by atoms with Crippen LogP contribution in [0.3, 0.4) is 0 Å². The van der Waals surface area contributed by atoms with E-state index in [-0.39, 0.29) is 17.9 Å². The van der Waals surface area contributed by atoms with Crippen molar-refractivity contribution < 1.29 is 14.7 Å². The summed E-state index contributed by atoms with van der Waals surface area (Å²) in [6, 6.07) is 0.265. The van der Waals surface area contributed by atoms with E-state index < -0.39 is 11.4 Å². The molecular weight excluding hydrogens is 230 g/mol. The summed E-state index contributed by atoms with van der Waals surface area (Å²) in [7, 11) is 0. The van der Waals surface area contributed by atoms with Gasteiger partial charge >= 0.3 is 5.97 Å². The van der Waals surface area contributed by atoms with Gasteiger partial charge in [0.1, 0.15) is 0 Å². The summed E-state index contributed by atoms with van der Waals surface area (Å²) in [5.41, 5.74) is -0.542. The fourth-order valence-corrected chi connectivity index (χ4v) is 0.763. The maximum atomic E-state index is 11.1. The van der Waals surface area contributed by atoms with Crippen LogP contribution >= 0.6 is 0 Å². The number of carboxylic acids is 1. The lowest BCUT2D eigenvalue weighted by Gasteiger charge is -2.14. The molecule has 0 radical (unpaired) electrons. The van der Waals surface area contributed by atoms with E-state index in [0.717, 1.165) is 6.42 Å². The van der Waals surface area contributed by atoms with Gasteiger partial charge in [-0.15, -0.1) is 0 Å². The third kappa shape index (κ3) is 9.02. The van der Waals surface area contributed by atoms with E-state index in [0.29, 0.717) is 6.42 Å². The van der Waals surface area contributed by atoms with Crippen LogP contribution in [0.15, 0.2) is 0 Å². The number of carboxylic acid groups (broad SMARTS) is 1. The Bertz CT molecular complexity index is 260. The third-order valence-electron chi connectivity index (χ3n) is 2.95. The molecular formula is C14H29NO3. The first-order chi connectivity index (χ1) is 8.08. The summed E-state index contributed by atoms with van der Waals surface area (Å²) in [4.78, 5) is 21.3. The minimum atomic E-state index is -0.722. The summed E-state index contributed by atoms with van der Waals surface area (Å²) in [5.74, 6) is -0.403. The largest absolute Gasteiger partial charge is 0.481 e. The molecule has 108 valence electrons. The van der Waals surface area contributed by atoms with Crippen molar-refractivity contribution in [2.75, 3.05) is 0 Å². The molecule has 0 aromatic heterocycles. The first-order valence-electron chi connectivity index (χ1n) is 6.62. The minimum absolute atomic E-state index is 0.155. The van der Waals surface area contributed by atoms with Crippen LogP contribution in [0.1, 0.15) is 61.3 Å². The molecule has 0 fully saturated rings. The predicted molar refractivity (Wildman–Crippen MR) is 74.4 cm³/mol. The zero-order chi connectivity index (χ0) is 14.9. The van der Waals surface area contributed by atoms with E-state index in [1.807, 2.05) is 34.6 Å². The highest BCUT2D eigenvalue weighted by Gasteiger charge is 2.23. The summed E-state index contributed by atoms with van der Waals surface area (Å²) in [5, 5.41) is 11.3. The average molecular weight is 259 g/mol. The molecule has 1 amide bonds. The van der Waals surface area contributed by atoms with Crippen molar-refractivity contribution in [3.8, 4) is 0 Å². The highest BCUT2D eigenvalue weighted by atomic mass is 16.4. The molecule has 18 heavy (non-hydrogen) atoms. The number of carbonyl (C=O) groups excluding carboxylic acids is 1. The number of rotatable bonds is 5. The van der Waals surface area contributed by atoms with Gasteiger partial charge in [-0.25, -0.2) is 0 Å². The van der Waals surface area contributed by atoms with Gasteiger partial charge in [-0.3, -0.25) is 9.59 Å². The summed E-state index contributed by atoms with van der Waals surface area (Å²) < 4.78 is 0. The van der Waals surface area contributed by atoms with Crippen molar-refractivity contribution >= 4 is 11.9 Å². The Morgan fingerprint density at radius 2 is 1.61 bits per heavy atom. The van der Waals surface area contributed by atoms with Crippen molar-refractivity contribution in [2.45, 2.75) is 67.3 Å². The molecule has 0 spiro atoms. The zero-order valence-corrected chi connectivity index (χ0v) is 12.8. The molecule has 0 saturated carbocycles. The molecule has 1 atom stereocenters. The molecule has 0 rings (SSSR count). The maximum Gasteiger partial charge on any atom is 0.309 e. The van der Waals surface area contributed by atoms with Gasteiger partial charge < -0.3 is 10.4 Å². The number of carbonyl (C=O) groups is 2. The molecule has 0 saturated heterocycles. The van der Waals surface area contributed by atoms with Crippen LogP contribution in [0, 0.1) is 11.3 Å². The Labute approximate surface area is 111 Å².